The van der Waals surface area contributed by atoms with Gasteiger partial charge in [0.2, 0.25) is 5.91 Å². The lowest BCUT2D eigenvalue weighted by Crippen LogP contribution is -2.49. The predicted molar refractivity (Wildman–Crippen MR) is 155 cm³/mol. The number of carbonyl (C=O) groups is 2. The SMILES string of the molecule is O=C(Cc1c[nH]c2ccccc12)N1CCC(c2nc(C(=O)N3CCN(c4c(Cl)cncc4Cl)CC3)cs2)CC1. The molecule has 39 heavy (non-hydrogen) atoms. The number of hydrogen-bond donors (Lipinski definition) is 1. The van der Waals surface area contributed by atoms with E-state index in [1.807, 2.05) is 45.6 Å². The molecule has 5 heterocycles. The van der Waals surface area contributed by atoms with Crippen LogP contribution >= 0.6 is 34.5 Å². The van der Waals surface area contributed by atoms with Gasteiger partial charge in [-0.15, -0.1) is 11.3 Å². The highest BCUT2D eigenvalue weighted by molar-refractivity contribution is 7.09. The van der Waals surface area contributed by atoms with E-state index < -0.39 is 0 Å². The van der Waals surface area contributed by atoms with Crippen LogP contribution in [0.2, 0.25) is 10.0 Å². The summed E-state index contributed by atoms with van der Waals surface area (Å²) in [4.78, 5) is 44.1. The maximum absolute atomic E-state index is 13.2. The maximum atomic E-state index is 13.2. The molecule has 0 aliphatic carbocycles. The first-order valence-electron chi connectivity index (χ1n) is 13.1. The number of para-hydroxylation sites is 1. The minimum atomic E-state index is -0.0459. The molecule has 6 rings (SSSR count). The molecule has 0 atom stereocenters. The quantitative estimate of drug-likeness (QED) is 0.348. The lowest BCUT2D eigenvalue weighted by atomic mass is 9.97. The molecule has 0 saturated carbocycles. The summed E-state index contributed by atoms with van der Waals surface area (Å²) >= 11 is 14.2. The third kappa shape index (κ3) is 5.35. The van der Waals surface area contributed by atoms with Crippen LogP contribution in [0, 0.1) is 0 Å². The second-order valence-corrected chi connectivity index (χ2v) is 11.7. The van der Waals surface area contributed by atoms with Crippen molar-refractivity contribution in [2.75, 3.05) is 44.2 Å². The van der Waals surface area contributed by atoms with Gasteiger partial charge in [0.25, 0.3) is 5.91 Å². The van der Waals surface area contributed by atoms with Crippen LogP contribution in [0.3, 0.4) is 0 Å². The number of thiazole rings is 1. The molecule has 11 heteroatoms. The van der Waals surface area contributed by atoms with Gasteiger partial charge in [0.05, 0.1) is 27.2 Å². The van der Waals surface area contributed by atoms with Crippen LogP contribution in [0.4, 0.5) is 5.69 Å². The number of piperidine rings is 1. The van der Waals surface area contributed by atoms with Gasteiger partial charge in [-0.05, 0) is 24.5 Å². The Morgan fingerprint density at radius 2 is 1.69 bits per heavy atom. The third-order valence-electron chi connectivity index (χ3n) is 7.67. The number of carbonyl (C=O) groups excluding carboxylic acids is 2. The van der Waals surface area contributed by atoms with Gasteiger partial charge in [0.15, 0.2) is 0 Å². The molecular formula is C28H28Cl2N6O2S. The molecule has 0 bridgehead atoms. The number of fused-ring (bicyclic) bond motifs is 1. The Kier molecular flexibility index (Phi) is 7.47. The number of likely N-dealkylation sites (tertiary alicyclic amines) is 1. The number of aromatic amines is 1. The van der Waals surface area contributed by atoms with Crippen LogP contribution in [0.25, 0.3) is 10.9 Å². The molecule has 2 aliphatic heterocycles. The normalized spacial score (nSPS) is 16.7. The molecule has 8 nitrogen and oxygen atoms in total. The zero-order chi connectivity index (χ0) is 26.9. The Balaban J connectivity index is 1.02. The summed E-state index contributed by atoms with van der Waals surface area (Å²) in [5.74, 6) is 0.374. The lowest BCUT2D eigenvalue weighted by molar-refractivity contribution is -0.131. The molecular weight excluding hydrogens is 555 g/mol. The molecule has 3 aromatic heterocycles. The van der Waals surface area contributed by atoms with E-state index in [0.29, 0.717) is 61.4 Å². The Bertz CT molecular complexity index is 1480. The minimum absolute atomic E-state index is 0.0459. The van der Waals surface area contributed by atoms with Gasteiger partial charge in [0, 0.05) is 80.1 Å². The molecule has 0 unspecified atom stereocenters. The van der Waals surface area contributed by atoms with E-state index >= 15 is 0 Å². The van der Waals surface area contributed by atoms with Crippen LogP contribution in [0.15, 0.2) is 48.2 Å². The van der Waals surface area contributed by atoms with Gasteiger partial charge in [-0.1, -0.05) is 41.4 Å². The molecule has 1 N–H and O–H groups in total. The summed E-state index contributed by atoms with van der Waals surface area (Å²) < 4.78 is 0. The fraction of sp³-hybridized carbons (Fsp3) is 0.357. The zero-order valence-corrected chi connectivity index (χ0v) is 23.6. The highest BCUT2D eigenvalue weighted by Crippen LogP contribution is 2.34. The molecule has 2 amide bonds. The third-order valence-corrected chi connectivity index (χ3v) is 9.23. The minimum Gasteiger partial charge on any atom is -0.365 e. The topological polar surface area (TPSA) is 85.4 Å². The second kappa shape index (κ2) is 11.2. The van der Waals surface area contributed by atoms with Gasteiger partial charge in [-0.3, -0.25) is 14.6 Å². The summed E-state index contributed by atoms with van der Waals surface area (Å²) in [6.45, 7) is 3.82. The smallest absolute Gasteiger partial charge is 0.273 e. The highest BCUT2D eigenvalue weighted by atomic mass is 35.5. The van der Waals surface area contributed by atoms with Crippen molar-refractivity contribution in [2.24, 2.45) is 0 Å². The summed E-state index contributed by atoms with van der Waals surface area (Å²) in [6.07, 6.45) is 7.21. The second-order valence-electron chi connectivity index (χ2n) is 9.99. The number of anilines is 1. The van der Waals surface area contributed by atoms with Gasteiger partial charge in [-0.2, -0.15) is 0 Å². The highest BCUT2D eigenvalue weighted by Gasteiger charge is 2.29. The average Bonchev–Trinajstić information content (AvgIpc) is 3.61. The number of nitrogens with one attached hydrogen (secondary N) is 1. The maximum Gasteiger partial charge on any atom is 0.273 e. The summed E-state index contributed by atoms with van der Waals surface area (Å²) in [7, 11) is 0. The number of nitrogens with zero attached hydrogens (tertiary/aromatic N) is 5. The Hall–Kier alpha value is -3.14. The molecule has 202 valence electrons. The number of rotatable bonds is 5. The number of halogens is 2. The fourth-order valence-corrected chi connectivity index (χ4v) is 7.07. The average molecular weight is 584 g/mol. The first-order chi connectivity index (χ1) is 19.0. The summed E-state index contributed by atoms with van der Waals surface area (Å²) in [5, 5.41) is 4.98. The monoisotopic (exact) mass is 582 g/mol. The fourth-order valence-electron chi connectivity index (χ4n) is 5.50. The van der Waals surface area contributed by atoms with E-state index in [4.69, 9.17) is 28.2 Å². The van der Waals surface area contributed by atoms with E-state index in [0.717, 1.165) is 40.0 Å². The van der Waals surface area contributed by atoms with Crippen molar-refractivity contribution in [2.45, 2.75) is 25.2 Å². The number of hydrogen-bond acceptors (Lipinski definition) is 6. The molecule has 2 saturated heterocycles. The number of piperazine rings is 1. The Morgan fingerprint density at radius 1 is 0.974 bits per heavy atom. The number of pyridine rings is 1. The lowest BCUT2D eigenvalue weighted by Gasteiger charge is -2.36. The van der Waals surface area contributed by atoms with Gasteiger partial charge in [0.1, 0.15) is 5.69 Å². The number of amides is 2. The van der Waals surface area contributed by atoms with Crippen molar-refractivity contribution in [3.05, 3.63) is 74.5 Å². The van der Waals surface area contributed by atoms with E-state index in [9.17, 15) is 9.59 Å². The van der Waals surface area contributed by atoms with Crippen LogP contribution in [0.5, 0.6) is 0 Å². The van der Waals surface area contributed by atoms with Crippen LogP contribution < -0.4 is 4.90 Å². The zero-order valence-electron chi connectivity index (χ0n) is 21.3. The van der Waals surface area contributed by atoms with Crippen molar-refractivity contribution in [3.63, 3.8) is 0 Å². The number of benzene rings is 1. The first-order valence-corrected chi connectivity index (χ1v) is 14.7. The summed E-state index contributed by atoms with van der Waals surface area (Å²) in [5.41, 5.74) is 3.36. The number of aromatic nitrogens is 3. The van der Waals surface area contributed by atoms with Crippen LogP contribution in [-0.4, -0.2) is 75.8 Å². The van der Waals surface area contributed by atoms with Crippen LogP contribution in [0.1, 0.15) is 39.8 Å². The Labute approximate surface area is 240 Å². The van der Waals surface area contributed by atoms with Crippen molar-refractivity contribution >= 4 is 62.9 Å². The first kappa shape index (κ1) is 26.1. The van der Waals surface area contributed by atoms with Crippen molar-refractivity contribution in [3.8, 4) is 0 Å². The van der Waals surface area contributed by atoms with Gasteiger partial charge >= 0.3 is 0 Å². The van der Waals surface area contributed by atoms with Crippen LogP contribution in [-0.2, 0) is 11.2 Å². The van der Waals surface area contributed by atoms with E-state index in [1.54, 1.807) is 23.7 Å². The largest absolute Gasteiger partial charge is 0.365 e. The van der Waals surface area contributed by atoms with E-state index in [2.05, 4.69) is 14.9 Å². The molecule has 0 spiro atoms. The standard InChI is InChI=1S/C28H28Cl2N6O2S/c29-21-15-31-16-22(30)26(21)35-9-11-36(12-10-35)28(38)24-17-39-27(33-24)18-5-7-34(8-6-18)25(37)13-19-14-32-23-4-2-1-3-20(19)23/h1-4,14-18,32H,5-13H2. The van der Waals surface area contributed by atoms with Crippen molar-refractivity contribution in [1.82, 2.24) is 24.8 Å². The molecule has 1 aromatic carbocycles. The van der Waals surface area contributed by atoms with E-state index in [1.165, 1.54) is 0 Å². The molecule has 0 radical (unpaired) electrons. The molecule has 4 aromatic rings. The predicted octanol–water partition coefficient (Wildman–Crippen LogP) is 5.24. The van der Waals surface area contributed by atoms with Crippen molar-refractivity contribution in [1.29, 1.82) is 0 Å². The van der Waals surface area contributed by atoms with E-state index in [-0.39, 0.29) is 17.7 Å². The summed E-state index contributed by atoms with van der Waals surface area (Å²) in [6, 6.07) is 8.06. The molecule has 2 fully saturated rings. The molecule has 2 aliphatic rings. The Morgan fingerprint density at radius 3 is 2.44 bits per heavy atom. The van der Waals surface area contributed by atoms with Crippen molar-refractivity contribution < 1.29 is 9.59 Å². The number of H-pyrrole nitrogens is 1. The van der Waals surface area contributed by atoms with Gasteiger partial charge < -0.3 is 19.7 Å². The van der Waals surface area contributed by atoms with Gasteiger partial charge in [-0.25, -0.2) is 4.98 Å².